The maximum atomic E-state index is 11.7. The summed E-state index contributed by atoms with van der Waals surface area (Å²) in [4.78, 5) is 11.7. The number of fused-ring (bicyclic) bond motifs is 1. The fourth-order valence-corrected chi connectivity index (χ4v) is 3.22. The number of aromatic nitrogens is 2. The van der Waals surface area contributed by atoms with Gasteiger partial charge in [-0.05, 0) is 19.8 Å². The van der Waals surface area contributed by atoms with Gasteiger partial charge in [0.1, 0.15) is 5.82 Å². The number of rotatable bonds is 2. The Hall–Kier alpha value is -0.970. The van der Waals surface area contributed by atoms with Crippen LogP contribution in [0.5, 0.6) is 0 Å². The number of nitrogens with zero attached hydrogens (tertiary/aromatic N) is 2. The van der Waals surface area contributed by atoms with Crippen LogP contribution in [0.25, 0.3) is 0 Å². The zero-order valence-electron chi connectivity index (χ0n) is 10.7. The zero-order chi connectivity index (χ0) is 12.6. The molecular weight excluding hydrogens is 234 g/mol. The number of carbonyl (C=O) groups is 1. The largest absolute Gasteiger partial charge is 0.310 e. The van der Waals surface area contributed by atoms with Crippen molar-refractivity contribution < 1.29 is 4.79 Å². The average Bonchev–Trinajstić information content (AvgIpc) is 2.55. The molecule has 1 aromatic rings. The fourth-order valence-electron chi connectivity index (χ4n) is 2.08. The van der Waals surface area contributed by atoms with Crippen molar-refractivity contribution in [1.82, 2.24) is 9.78 Å². The summed E-state index contributed by atoms with van der Waals surface area (Å²) in [6, 6.07) is 0.259. The Bertz CT molecular complexity index is 425. The second-order valence-corrected chi connectivity index (χ2v) is 6.14. The number of thioether (sulfide) groups is 1. The van der Waals surface area contributed by atoms with E-state index in [1.807, 2.05) is 10.9 Å². The van der Waals surface area contributed by atoms with Gasteiger partial charge < -0.3 is 5.32 Å². The molecule has 0 fully saturated rings. The molecule has 0 aromatic carbocycles. The Morgan fingerprint density at radius 2 is 2.18 bits per heavy atom. The van der Waals surface area contributed by atoms with E-state index >= 15 is 0 Å². The average molecular weight is 253 g/mol. The zero-order valence-corrected chi connectivity index (χ0v) is 11.5. The Morgan fingerprint density at radius 3 is 2.76 bits per heavy atom. The summed E-state index contributed by atoms with van der Waals surface area (Å²) >= 11 is 1.70. The molecule has 0 bridgehead atoms. The van der Waals surface area contributed by atoms with Crippen LogP contribution in [0, 0.1) is 5.92 Å². The molecule has 1 amide bonds. The Balaban J connectivity index is 2.46. The van der Waals surface area contributed by atoms with Crippen LogP contribution in [0.4, 0.5) is 5.82 Å². The van der Waals surface area contributed by atoms with Crippen molar-refractivity contribution in [2.24, 2.45) is 5.92 Å². The predicted molar refractivity (Wildman–Crippen MR) is 71.3 cm³/mol. The summed E-state index contributed by atoms with van der Waals surface area (Å²) in [6.07, 6.45) is 1.90. The molecule has 4 nitrogen and oxygen atoms in total. The van der Waals surface area contributed by atoms with Crippen LogP contribution in [0.15, 0.2) is 6.20 Å². The first-order chi connectivity index (χ1) is 8.00. The van der Waals surface area contributed by atoms with Crippen molar-refractivity contribution in [2.45, 2.75) is 39.0 Å². The molecule has 2 rings (SSSR count). The lowest BCUT2D eigenvalue weighted by molar-refractivity contribution is -0.113. The molecule has 2 heterocycles. The van der Waals surface area contributed by atoms with Gasteiger partial charge >= 0.3 is 0 Å². The predicted octanol–water partition coefficient (Wildman–Crippen LogP) is 2.85. The maximum Gasteiger partial charge on any atom is 0.235 e. The molecule has 0 spiro atoms. The molecule has 1 aliphatic heterocycles. The molecule has 5 heteroatoms. The van der Waals surface area contributed by atoms with E-state index < -0.39 is 0 Å². The lowest BCUT2D eigenvalue weighted by Crippen LogP contribution is -2.17. The van der Waals surface area contributed by atoms with Gasteiger partial charge in [0.25, 0.3) is 0 Å². The van der Waals surface area contributed by atoms with Crippen LogP contribution in [0.2, 0.25) is 0 Å². The monoisotopic (exact) mass is 253 g/mol. The molecule has 0 saturated carbocycles. The molecular formula is C12H19N3OS. The van der Waals surface area contributed by atoms with Gasteiger partial charge in [0.05, 0.1) is 11.9 Å². The van der Waals surface area contributed by atoms with E-state index in [0.717, 1.165) is 11.4 Å². The highest BCUT2D eigenvalue weighted by Gasteiger charge is 2.28. The van der Waals surface area contributed by atoms with Gasteiger partial charge in [-0.2, -0.15) is 5.10 Å². The first-order valence-corrected chi connectivity index (χ1v) is 7.04. The third-order valence-electron chi connectivity index (χ3n) is 2.88. The van der Waals surface area contributed by atoms with E-state index in [-0.39, 0.29) is 11.9 Å². The highest BCUT2D eigenvalue weighted by molar-refractivity contribution is 8.00. The van der Waals surface area contributed by atoms with Gasteiger partial charge in [-0.15, -0.1) is 11.8 Å². The quantitative estimate of drug-likeness (QED) is 0.881. The minimum Gasteiger partial charge on any atom is -0.310 e. The van der Waals surface area contributed by atoms with E-state index in [1.54, 1.807) is 11.8 Å². The minimum atomic E-state index is 0.0711. The van der Waals surface area contributed by atoms with Crippen molar-refractivity contribution >= 4 is 23.5 Å². The van der Waals surface area contributed by atoms with Crippen LogP contribution < -0.4 is 5.32 Å². The number of nitrogens with one attached hydrogen (secondary N) is 1. The normalized spacial score (nSPS) is 20.4. The van der Waals surface area contributed by atoms with Crippen molar-refractivity contribution in [3.05, 3.63) is 11.8 Å². The summed E-state index contributed by atoms with van der Waals surface area (Å²) in [5.74, 6) is 1.97. The van der Waals surface area contributed by atoms with Gasteiger partial charge in [0, 0.05) is 16.9 Å². The van der Waals surface area contributed by atoms with Gasteiger partial charge in [0.2, 0.25) is 5.91 Å². The van der Waals surface area contributed by atoms with Crippen molar-refractivity contribution in [1.29, 1.82) is 0 Å². The Kier molecular flexibility index (Phi) is 3.47. The van der Waals surface area contributed by atoms with Gasteiger partial charge in [-0.1, -0.05) is 13.8 Å². The van der Waals surface area contributed by atoms with Crippen LogP contribution >= 0.6 is 11.8 Å². The van der Waals surface area contributed by atoms with Crippen molar-refractivity contribution in [3.8, 4) is 0 Å². The molecule has 17 heavy (non-hydrogen) atoms. The molecule has 1 unspecified atom stereocenters. The third-order valence-corrected chi connectivity index (χ3v) is 4.46. The van der Waals surface area contributed by atoms with E-state index in [0.29, 0.717) is 16.9 Å². The SMILES string of the molecule is CC(C)C1SCC(=O)Nc2c1cnn2C(C)C. The smallest absolute Gasteiger partial charge is 0.235 e. The maximum absolute atomic E-state index is 11.7. The second-order valence-electron chi connectivity index (χ2n) is 5.01. The Labute approximate surface area is 106 Å². The summed E-state index contributed by atoms with van der Waals surface area (Å²) in [5.41, 5.74) is 1.16. The van der Waals surface area contributed by atoms with Crippen LogP contribution in [-0.2, 0) is 4.79 Å². The number of amides is 1. The summed E-state index contributed by atoms with van der Waals surface area (Å²) in [6.45, 7) is 8.51. The standard InChI is InChI=1S/C12H19N3OS/c1-7(2)11-9-5-13-15(8(3)4)12(9)14-10(16)6-17-11/h5,7-8,11H,6H2,1-4H3,(H,14,16). The molecule has 1 aromatic heterocycles. The molecule has 0 saturated heterocycles. The van der Waals surface area contributed by atoms with Crippen LogP contribution in [-0.4, -0.2) is 21.4 Å². The van der Waals surface area contributed by atoms with Crippen molar-refractivity contribution in [3.63, 3.8) is 0 Å². The Morgan fingerprint density at radius 1 is 1.47 bits per heavy atom. The molecule has 94 valence electrons. The first-order valence-electron chi connectivity index (χ1n) is 5.99. The lowest BCUT2D eigenvalue weighted by atomic mass is 10.0. The molecule has 1 atom stereocenters. The topological polar surface area (TPSA) is 46.9 Å². The van der Waals surface area contributed by atoms with Crippen LogP contribution in [0.3, 0.4) is 0 Å². The second kappa shape index (κ2) is 4.72. The van der Waals surface area contributed by atoms with Gasteiger partial charge in [-0.3, -0.25) is 4.79 Å². The minimum absolute atomic E-state index is 0.0711. The molecule has 0 radical (unpaired) electrons. The number of anilines is 1. The number of carbonyl (C=O) groups excluding carboxylic acids is 1. The highest BCUT2D eigenvalue weighted by atomic mass is 32.2. The summed E-state index contributed by atoms with van der Waals surface area (Å²) in [7, 11) is 0. The number of hydrogen-bond acceptors (Lipinski definition) is 3. The van der Waals surface area contributed by atoms with E-state index in [2.05, 4.69) is 38.1 Å². The molecule has 0 aliphatic carbocycles. The summed E-state index contributed by atoms with van der Waals surface area (Å²) in [5, 5.41) is 7.72. The third kappa shape index (κ3) is 2.34. The molecule has 1 aliphatic rings. The van der Waals surface area contributed by atoms with E-state index in [1.165, 1.54) is 0 Å². The van der Waals surface area contributed by atoms with Gasteiger partial charge in [0.15, 0.2) is 0 Å². The summed E-state index contributed by atoms with van der Waals surface area (Å²) < 4.78 is 1.90. The molecule has 1 N–H and O–H groups in total. The highest BCUT2D eigenvalue weighted by Crippen LogP contribution is 2.41. The van der Waals surface area contributed by atoms with E-state index in [4.69, 9.17) is 0 Å². The lowest BCUT2D eigenvalue weighted by Gasteiger charge is -2.17. The number of hydrogen-bond donors (Lipinski definition) is 1. The van der Waals surface area contributed by atoms with Crippen molar-refractivity contribution in [2.75, 3.05) is 11.1 Å². The fraction of sp³-hybridized carbons (Fsp3) is 0.667. The first kappa shape index (κ1) is 12.5. The van der Waals surface area contributed by atoms with E-state index in [9.17, 15) is 4.79 Å². The van der Waals surface area contributed by atoms with Gasteiger partial charge in [-0.25, -0.2) is 4.68 Å². The van der Waals surface area contributed by atoms with Crippen LogP contribution in [0.1, 0.15) is 44.6 Å².